The molecule has 3 aromatic rings. The molecule has 0 unspecified atom stereocenters. The van der Waals surface area contributed by atoms with Crippen molar-refractivity contribution in [1.82, 2.24) is 4.98 Å². The molecule has 0 atom stereocenters. The summed E-state index contributed by atoms with van der Waals surface area (Å²) in [5.41, 5.74) is 1.17. The van der Waals surface area contributed by atoms with E-state index in [1.54, 1.807) is 18.5 Å². The predicted molar refractivity (Wildman–Crippen MR) is 75.4 cm³/mol. The summed E-state index contributed by atoms with van der Waals surface area (Å²) in [6.07, 6.45) is 3.47. The van der Waals surface area contributed by atoms with Gasteiger partial charge in [-0.1, -0.05) is 24.3 Å². The van der Waals surface area contributed by atoms with Crippen LogP contribution >= 0.6 is 0 Å². The quantitative estimate of drug-likeness (QED) is 0.774. The van der Waals surface area contributed by atoms with E-state index < -0.39 is 11.6 Å². The zero-order valence-electron chi connectivity index (χ0n) is 10.6. The lowest BCUT2D eigenvalue weighted by Crippen LogP contribution is -2.03. The number of nitrogens with zero attached hydrogens (tertiary/aromatic N) is 1. The van der Waals surface area contributed by atoms with E-state index in [1.807, 2.05) is 24.3 Å². The van der Waals surface area contributed by atoms with Gasteiger partial charge in [0.15, 0.2) is 11.6 Å². The summed E-state index contributed by atoms with van der Waals surface area (Å²) in [5.74, 6) is -1.63. The SMILES string of the molecule is Fc1cccc(CNc2cccc3cnccc23)c1F. The Balaban J connectivity index is 1.89. The highest BCUT2D eigenvalue weighted by Crippen LogP contribution is 2.23. The Bertz CT molecular complexity index is 751. The molecule has 0 saturated carbocycles. The van der Waals surface area contributed by atoms with Gasteiger partial charge in [0.2, 0.25) is 0 Å². The van der Waals surface area contributed by atoms with Crippen molar-refractivity contribution in [2.75, 3.05) is 5.32 Å². The highest BCUT2D eigenvalue weighted by molar-refractivity contribution is 5.93. The fourth-order valence-corrected chi connectivity index (χ4v) is 2.15. The number of hydrogen-bond acceptors (Lipinski definition) is 2. The number of pyridine rings is 1. The van der Waals surface area contributed by atoms with Gasteiger partial charge in [-0.05, 0) is 18.2 Å². The Hall–Kier alpha value is -2.49. The maximum atomic E-state index is 13.6. The molecule has 0 amide bonds. The van der Waals surface area contributed by atoms with Crippen molar-refractivity contribution in [2.24, 2.45) is 0 Å². The monoisotopic (exact) mass is 270 g/mol. The molecule has 20 heavy (non-hydrogen) atoms. The summed E-state index contributed by atoms with van der Waals surface area (Å²) >= 11 is 0. The van der Waals surface area contributed by atoms with E-state index in [1.165, 1.54) is 6.07 Å². The van der Waals surface area contributed by atoms with Crippen molar-refractivity contribution in [1.29, 1.82) is 0 Å². The highest BCUT2D eigenvalue weighted by Gasteiger charge is 2.07. The van der Waals surface area contributed by atoms with Crippen LogP contribution in [0.3, 0.4) is 0 Å². The van der Waals surface area contributed by atoms with Crippen LogP contribution in [0.25, 0.3) is 10.8 Å². The van der Waals surface area contributed by atoms with Gasteiger partial charge in [0.25, 0.3) is 0 Å². The fourth-order valence-electron chi connectivity index (χ4n) is 2.15. The molecule has 1 aromatic heterocycles. The minimum absolute atomic E-state index is 0.227. The first-order valence-electron chi connectivity index (χ1n) is 6.25. The highest BCUT2D eigenvalue weighted by atomic mass is 19.2. The standard InChI is InChI=1S/C16H12F2N2/c17-14-5-1-4-12(16(14)18)10-20-15-6-2-3-11-9-19-8-7-13(11)15/h1-9,20H,10H2. The molecule has 3 rings (SSSR count). The molecule has 2 aromatic carbocycles. The summed E-state index contributed by atoms with van der Waals surface area (Å²) < 4.78 is 26.7. The maximum absolute atomic E-state index is 13.6. The van der Waals surface area contributed by atoms with Gasteiger partial charge in [-0.15, -0.1) is 0 Å². The average molecular weight is 270 g/mol. The second-order valence-corrected chi connectivity index (χ2v) is 4.47. The number of nitrogens with one attached hydrogen (secondary N) is 1. The third-order valence-corrected chi connectivity index (χ3v) is 3.18. The Kier molecular flexibility index (Phi) is 3.29. The second-order valence-electron chi connectivity index (χ2n) is 4.47. The van der Waals surface area contributed by atoms with E-state index in [2.05, 4.69) is 10.3 Å². The Labute approximate surface area is 115 Å². The lowest BCUT2D eigenvalue weighted by atomic mass is 10.1. The van der Waals surface area contributed by atoms with Gasteiger partial charge < -0.3 is 5.32 Å². The number of rotatable bonds is 3. The zero-order chi connectivity index (χ0) is 13.9. The summed E-state index contributed by atoms with van der Waals surface area (Å²) in [6.45, 7) is 0.227. The fraction of sp³-hybridized carbons (Fsp3) is 0.0625. The first-order valence-corrected chi connectivity index (χ1v) is 6.25. The molecule has 1 N–H and O–H groups in total. The molecular formula is C16H12F2N2. The maximum Gasteiger partial charge on any atom is 0.163 e. The number of halogens is 2. The van der Waals surface area contributed by atoms with Crippen LogP contribution in [0.5, 0.6) is 0 Å². The van der Waals surface area contributed by atoms with Gasteiger partial charge >= 0.3 is 0 Å². The van der Waals surface area contributed by atoms with Crippen molar-refractivity contribution in [3.05, 3.63) is 72.1 Å². The molecule has 4 heteroatoms. The van der Waals surface area contributed by atoms with Gasteiger partial charge in [0.05, 0.1) is 0 Å². The Morgan fingerprint density at radius 3 is 2.75 bits per heavy atom. The average Bonchev–Trinajstić information content (AvgIpc) is 2.49. The first-order chi connectivity index (χ1) is 9.75. The number of fused-ring (bicyclic) bond motifs is 1. The van der Waals surface area contributed by atoms with Crippen LogP contribution in [0.2, 0.25) is 0 Å². The molecule has 0 fully saturated rings. The van der Waals surface area contributed by atoms with Gasteiger partial charge in [-0.2, -0.15) is 0 Å². The third kappa shape index (κ3) is 2.32. The third-order valence-electron chi connectivity index (χ3n) is 3.18. The van der Waals surface area contributed by atoms with E-state index >= 15 is 0 Å². The molecule has 0 spiro atoms. The molecule has 1 heterocycles. The number of benzene rings is 2. The van der Waals surface area contributed by atoms with Crippen molar-refractivity contribution in [3.8, 4) is 0 Å². The normalized spacial score (nSPS) is 10.7. The van der Waals surface area contributed by atoms with Gasteiger partial charge in [0, 0.05) is 41.0 Å². The molecule has 0 bridgehead atoms. The van der Waals surface area contributed by atoms with E-state index in [0.717, 1.165) is 22.5 Å². The van der Waals surface area contributed by atoms with Crippen LogP contribution in [0.1, 0.15) is 5.56 Å². The van der Waals surface area contributed by atoms with Crippen LogP contribution in [0.4, 0.5) is 14.5 Å². The molecule has 0 aliphatic heterocycles. The van der Waals surface area contributed by atoms with E-state index in [-0.39, 0.29) is 6.54 Å². The van der Waals surface area contributed by atoms with Crippen LogP contribution in [0.15, 0.2) is 54.9 Å². The molecular weight excluding hydrogens is 258 g/mol. The smallest absolute Gasteiger partial charge is 0.163 e. The van der Waals surface area contributed by atoms with Crippen molar-refractivity contribution < 1.29 is 8.78 Å². The van der Waals surface area contributed by atoms with E-state index in [9.17, 15) is 8.78 Å². The summed E-state index contributed by atoms with van der Waals surface area (Å²) in [6, 6.07) is 11.8. The lowest BCUT2D eigenvalue weighted by Gasteiger charge is -2.10. The number of anilines is 1. The van der Waals surface area contributed by atoms with Crippen molar-refractivity contribution >= 4 is 16.5 Å². The molecule has 0 aliphatic rings. The van der Waals surface area contributed by atoms with E-state index in [0.29, 0.717) is 5.56 Å². The van der Waals surface area contributed by atoms with Gasteiger partial charge in [0.1, 0.15) is 0 Å². The summed E-state index contributed by atoms with van der Waals surface area (Å²) in [4.78, 5) is 4.06. The van der Waals surface area contributed by atoms with Crippen LogP contribution in [0, 0.1) is 11.6 Å². The number of hydrogen-bond donors (Lipinski definition) is 1. The van der Waals surface area contributed by atoms with Crippen LogP contribution in [-0.4, -0.2) is 4.98 Å². The summed E-state index contributed by atoms with van der Waals surface area (Å²) in [5, 5.41) is 5.13. The first kappa shape index (κ1) is 12.5. The zero-order valence-corrected chi connectivity index (χ0v) is 10.6. The minimum Gasteiger partial charge on any atom is -0.380 e. The predicted octanol–water partition coefficient (Wildman–Crippen LogP) is 4.13. The summed E-state index contributed by atoms with van der Waals surface area (Å²) in [7, 11) is 0. The van der Waals surface area contributed by atoms with Crippen molar-refractivity contribution in [2.45, 2.75) is 6.54 Å². The topological polar surface area (TPSA) is 24.9 Å². The lowest BCUT2D eigenvalue weighted by molar-refractivity contribution is 0.500. The largest absolute Gasteiger partial charge is 0.380 e. The minimum atomic E-state index is -0.827. The molecule has 0 saturated heterocycles. The van der Waals surface area contributed by atoms with Crippen molar-refractivity contribution in [3.63, 3.8) is 0 Å². The van der Waals surface area contributed by atoms with Crippen LogP contribution < -0.4 is 5.32 Å². The van der Waals surface area contributed by atoms with Crippen LogP contribution in [-0.2, 0) is 6.54 Å². The molecule has 0 aliphatic carbocycles. The van der Waals surface area contributed by atoms with Gasteiger partial charge in [-0.3, -0.25) is 4.98 Å². The molecule has 0 radical (unpaired) electrons. The molecule has 2 nitrogen and oxygen atoms in total. The second kappa shape index (κ2) is 5.25. The van der Waals surface area contributed by atoms with E-state index in [4.69, 9.17) is 0 Å². The van der Waals surface area contributed by atoms with Gasteiger partial charge in [-0.25, -0.2) is 8.78 Å². The molecule has 100 valence electrons. The number of aromatic nitrogens is 1. The Morgan fingerprint density at radius 1 is 1.00 bits per heavy atom. The Morgan fingerprint density at radius 2 is 1.85 bits per heavy atom.